The molecule has 1 heterocycles. The monoisotopic (exact) mass is 300 g/mol. The van der Waals surface area contributed by atoms with Crippen LogP contribution in [-0.2, 0) is 0 Å². The van der Waals surface area contributed by atoms with E-state index >= 15 is 0 Å². The van der Waals surface area contributed by atoms with Crippen LogP contribution >= 0.6 is 0 Å². The van der Waals surface area contributed by atoms with Gasteiger partial charge in [0.25, 0.3) is 0 Å². The molecular formula is C17H21FN4. The number of hydrogen-bond acceptors (Lipinski definition) is 4. The highest BCUT2D eigenvalue weighted by Crippen LogP contribution is 2.22. The number of halogens is 1. The number of anilines is 3. The van der Waals surface area contributed by atoms with E-state index < -0.39 is 0 Å². The Balaban J connectivity index is 1.66. The molecule has 0 aliphatic heterocycles. The first kappa shape index (κ1) is 14.8. The first-order valence-corrected chi connectivity index (χ1v) is 7.91. The highest BCUT2D eigenvalue weighted by Gasteiger charge is 2.12. The predicted octanol–water partition coefficient (Wildman–Crippen LogP) is 4.49. The molecule has 1 aliphatic rings. The van der Waals surface area contributed by atoms with Crippen LogP contribution < -0.4 is 10.6 Å². The quantitative estimate of drug-likeness (QED) is 0.817. The number of nitrogens with zero attached hydrogens (tertiary/aromatic N) is 2. The van der Waals surface area contributed by atoms with E-state index in [0.29, 0.717) is 17.5 Å². The highest BCUT2D eigenvalue weighted by molar-refractivity contribution is 5.58. The number of benzene rings is 1. The Morgan fingerprint density at radius 3 is 2.50 bits per heavy atom. The van der Waals surface area contributed by atoms with Gasteiger partial charge in [-0.3, -0.25) is 0 Å². The Kier molecular flexibility index (Phi) is 4.83. The largest absolute Gasteiger partial charge is 0.367 e. The molecular weight excluding hydrogens is 279 g/mol. The van der Waals surface area contributed by atoms with Gasteiger partial charge in [0, 0.05) is 17.8 Å². The predicted molar refractivity (Wildman–Crippen MR) is 86.8 cm³/mol. The minimum absolute atomic E-state index is 0.268. The minimum atomic E-state index is -0.268. The molecule has 2 N–H and O–H groups in total. The van der Waals surface area contributed by atoms with E-state index in [0.717, 1.165) is 5.82 Å². The van der Waals surface area contributed by atoms with Gasteiger partial charge in [-0.2, -0.15) is 0 Å². The van der Waals surface area contributed by atoms with Crippen LogP contribution in [0, 0.1) is 5.82 Å². The van der Waals surface area contributed by atoms with Gasteiger partial charge in [0.2, 0.25) is 0 Å². The van der Waals surface area contributed by atoms with E-state index in [1.54, 1.807) is 6.07 Å². The summed E-state index contributed by atoms with van der Waals surface area (Å²) in [5, 5.41) is 6.60. The maximum atomic E-state index is 13.2. The first-order chi connectivity index (χ1) is 10.8. The molecule has 5 heteroatoms. The molecule has 1 fully saturated rings. The average Bonchev–Trinajstić information content (AvgIpc) is 2.76. The van der Waals surface area contributed by atoms with Crippen molar-refractivity contribution in [2.45, 2.75) is 44.6 Å². The second kappa shape index (κ2) is 7.20. The summed E-state index contributed by atoms with van der Waals surface area (Å²) in [6.07, 6.45) is 9.12. The molecule has 0 spiro atoms. The Morgan fingerprint density at radius 1 is 0.955 bits per heavy atom. The molecule has 0 unspecified atom stereocenters. The van der Waals surface area contributed by atoms with Gasteiger partial charge in [-0.25, -0.2) is 14.4 Å². The third kappa shape index (κ3) is 4.16. The summed E-state index contributed by atoms with van der Waals surface area (Å²) in [4.78, 5) is 8.48. The van der Waals surface area contributed by atoms with Gasteiger partial charge in [0.15, 0.2) is 0 Å². The van der Waals surface area contributed by atoms with E-state index in [1.165, 1.54) is 57.0 Å². The summed E-state index contributed by atoms with van der Waals surface area (Å²) in [6.45, 7) is 0. The maximum Gasteiger partial charge on any atom is 0.135 e. The number of nitrogens with one attached hydrogen (secondary N) is 2. The fourth-order valence-corrected chi connectivity index (χ4v) is 2.85. The molecule has 0 atom stereocenters. The Bertz CT molecular complexity index is 609. The van der Waals surface area contributed by atoms with Crippen molar-refractivity contribution in [1.82, 2.24) is 9.97 Å². The third-order valence-corrected chi connectivity index (χ3v) is 3.97. The Hall–Kier alpha value is -2.17. The normalized spacial score (nSPS) is 16.0. The fourth-order valence-electron chi connectivity index (χ4n) is 2.85. The van der Waals surface area contributed by atoms with Crippen molar-refractivity contribution in [2.24, 2.45) is 0 Å². The van der Waals surface area contributed by atoms with E-state index in [4.69, 9.17) is 0 Å². The molecule has 2 aromatic rings. The molecule has 0 amide bonds. The van der Waals surface area contributed by atoms with Crippen molar-refractivity contribution in [1.29, 1.82) is 0 Å². The molecule has 4 nitrogen and oxygen atoms in total. The summed E-state index contributed by atoms with van der Waals surface area (Å²) in [5.74, 6) is 1.22. The summed E-state index contributed by atoms with van der Waals surface area (Å²) in [7, 11) is 0. The van der Waals surface area contributed by atoms with Gasteiger partial charge in [-0.05, 0) is 31.0 Å². The minimum Gasteiger partial charge on any atom is -0.367 e. The lowest BCUT2D eigenvalue weighted by molar-refractivity contribution is 0.617. The van der Waals surface area contributed by atoms with Gasteiger partial charge in [0.05, 0.1) is 0 Å². The van der Waals surface area contributed by atoms with Crippen LogP contribution in [0.3, 0.4) is 0 Å². The topological polar surface area (TPSA) is 49.8 Å². The molecule has 116 valence electrons. The number of hydrogen-bond donors (Lipinski definition) is 2. The molecule has 0 radical (unpaired) electrons. The van der Waals surface area contributed by atoms with Crippen LogP contribution in [0.1, 0.15) is 38.5 Å². The number of rotatable bonds is 4. The summed E-state index contributed by atoms with van der Waals surface area (Å²) in [6, 6.07) is 8.70. The van der Waals surface area contributed by atoms with Gasteiger partial charge >= 0.3 is 0 Å². The fraction of sp³-hybridized carbons (Fsp3) is 0.412. The van der Waals surface area contributed by atoms with Crippen molar-refractivity contribution >= 4 is 17.3 Å². The molecule has 22 heavy (non-hydrogen) atoms. The third-order valence-electron chi connectivity index (χ3n) is 3.97. The zero-order valence-electron chi connectivity index (χ0n) is 12.6. The van der Waals surface area contributed by atoms with E-state index in [2.05, 4.69) is 20.6 Å². The Labute approximate surface area is 130 Å². The summed E-state index contributed by atoms with van der Waals surface area (Å²) >= 11 is 0. The lowest BCUT2D eigenvalue weighted by Gasteiger charge is -2.17. The molecule has 1 aliphatic carbocycles. The zero-order chi connectivity index (χ0) is 15.2. The first-order valence-electron chi connectivity index (χ1n) is 7.91. The van der Waals surface area contributed by atoms with Crippen LogP contribution in [0.4, 0.5) is 21.7 Å². The van der Waals surface area contributed by atoms with Crippen LogP contribution in [0.5, 0.6) is 0 Å². The highest BCUT2D eigenvalue weighted by atomic mass is 19.1. The van der Waals surface area contributed by atoms with Gasteiger partial charge < -0.3 is 10.6 Å². The van der Waals surface area contributed by atoms with Gasteiger partial charge in [-0.15, -0.1) is 0 Å². The van der Waals surface area contributed by atoms with Crippen LogP contribution in [-0.4, -0.2) is 16.0 Å². The van der Waals surface area contributed by atoms with Crippen molar-refractivity contribution in [2.75, 3.05) is 10.6 Å². The molecule has 1 saturated carbocycles. The molecule has 1 aromatic heterocycles. The standard InChI is InChI=1S/C17H21FN4/c18-13-6-5-9-15(10-13)22-17-11-16(19-12-20-17)21-14-7-3-1-2-4-8-14/h5-6,9-12,14H,1-4,7-8H2,(H2,19,20,21,22). The van der Waals surface area contributed by atoms with E-state index in [1.807, 2.05) is 12.1 Å². The van der Waals surface area contributed by atoms with Crippen LogP contribution in [0.25, 0.3) is 0 Å². The van der Waals surface area contributed by atoms with E-state index in [-0.39, 0.29) is 5.82 Å². The maximum absolute atomic E-state index is 13.2. The van der Waals surface area contributed by atoms with Gasteiger partial charge in [0.1, 0.15) is 23.8 Å². The van der Waals surface area contributed by atoms with Crippen molar-refractivity contribution in [3.8, 4) is 0 Å². The smallest absolute Gasteiger partial charge is 0.135 e. The summed E-state index contributed by atoms with van der Waals surface area (Å²) in [5.41, 5.74) is 0.680. The zero-order valence-corrected chi connectivity index (χ0v) is 12.6. The second-order valence-corrected chi connectivity index (χ2v) is 5.76. The van der Waals surface area contributed by atoms with Gasteiger partial charge in [-0.1, -0.05) is 31.7 Å². The van der Waals surface area contributed by atoms with Crippen molar-refractivity contribution in [3.05, 3.63) is 42.5 Å². The molecule has 1 aromatic carbocycles. The van der Waals surface area contributed by atoms with Crippen LogP contribution in [0.2, 0.25) is 0 Å². The average molecular weight is 300 g/mol. The summed E-state index contributed by atoms with van der Waals surface area (Å²) < 4.78 is 13.2. The SMILES string of the molecule is Fc1cccc(Nc2cc(NC3CCCCCC3)ncn2)c1. The second-order valence-electron chi connectivity index (χ2n) is 5.76. The van der Waals surface area contributed by atoms with Crippen LogP contribution in [0.15, 0.2) is 36.7 Å². The lowest BCUT2D eigenvalue weighted by atomic mass is 10.1. The molecule has 3 rings (SSSR count). The van der Waals surface area contributed by atoms with Crippen molar-refractivity contribution in [3.63, 3.8) is 0 Å². The molecule has 0 bridgehead atoms. The molecule has 0 saturated heterocycles. The lowest BCUT2D eigenvalue weighted by Crippen LogP contribution is -2.19. The number of aromatic nitrogens is 2. The van der Waals surface area contributed by atoms with E-state index in [9.17, 15) is 4.39 Å². The van der Waals surface area contributed by atoms with Crippen molar-refractivity contribution < 1.29 is 4.39 Å². The Morgan fingerprint density at radius 2 is 1.73 bits per heavy atom.